The van der Waals surface area contributed by atoms with E-state index in [1.165, 1.54) is 12.5 Å². The van der Waals surface area contributed by atoms with E-state index in [9.17, 15) is 13.2 Å². The summed E-state index contributed by atoms with van der Waals surface area (Å²) in [5.41, 5.74) is 0. The van der Waals surface area contributed by atoms with Gasteiger partial charge in [0.05, 0.1) is 0 Å². The van der Waals surface area contributed by atoms with Crippen LogP contribution in [0.25, 0.3) is 0 Å². The van der Waals surface area contributed by atoms with Crippen LogP contribution in [-0.4, -0.2) is 28.5 Å². The largest absolute Gasteiger partial charge is 0.451 e. The van der Waals surface area contributed by atoms with Gasteiger partial charge in [-0.05, 0) is 24.9 Å². The zero-order chi connectivity index (χ0) is 15.0. The average Bonchev–Trinajstić information content (AvgIpc) is 2.36. The summed E-state index contributed by atoms with van der Waals surface area (Å²) in [6.45, 7) is 0.573. The van der Waals surface area contributed by atoms with Crippen molar-refractivity contribution in [2.24, 2.45) is 0 Å². The molecule has 1 aromatic heterocycles. The molecule has 0 bridgehead atoms. The number of alkyl halides is 3. The highest BCUT2D eigenvalue weighted by atomic mass is 35.5. The quantitative estimate of drug-likeness (QED) is 0.564. The third-order valence-corrected chi connectivity index (χ3v) is 3.42. The van der Waals surface area contributed by atoms with E-state index in [0.717, 1.165) is 25.0 Å². The maximum Gasteiger partial charge on any atom is 0.451 e. The summed E-state index contributed by atoms with van der Waals surface area (Å²) in [7, 11) is 0. The average molecular weight is 328 g/mol. The molecule has 0 radical (unpaired) electrons. The minimum Gasteiger partial charge on any atom is -0.370 e. The van der Waals surface area contributed by atoms with Crippen LogP contribution in [0.3, 0.4) is 0 Å². The first kappa shape index (κ1) is 17.4. The van der Waals surface area contributed by atoms with Gasteiger partial charge in [0.1, 0.15) is 11.0 Å². The van der Waals surface area contributed by atoms with Gasteiger partial charge in [-0.3, -0.25) is 0 Å². The summed E-state index contributed by atoms with van der Waals surface area (Å²) in [6, 6.07) is 1.30. The number of hydrogen-bond donors (Lipinski definition) is 1. The van der Waals surface area contributed by atoms with Crippen LogP contribution in [0.15, 0.2) is 6.07 Å². The molecule has 0 amide bonds. The van der Waals surface area contributed by atoms with E-state index >= 15 is 0 Å². The minimum atomic E-state index is -4.58. The van der Waals surface area contributed by atoms with Crippen molar-refractivity contribution >= 4 is 29.2 Å². The number of hydrogen-bond acceptors (Lipinski definition) is 4. The van der Waals surface area contributed by atoms with E-state index in [-0.39, 0.29) is 11.0 Å². The van der Waals surface area contributed by atoms with Crippen molar-refractivity contribution in [1.82, 2.24) is 9.97 Å². The van der Waals surface area contributed by atoms with Crippen LogP contribution in [0.2, 0.25) is 5.15 Å². The lowest BCUT2D eigenvalue weighted by molar-refractivity contribution is -0.144. The van der Waals surface area contributed by atoms with Crippen molar-refractivity contribution in [1.29, 1.82) is 0 Å². The Balaban J connectivity index is 2.39. The second-order valence-corrected chi connectivity index (χ2v) is 5.60. The fraction of sp³-hybridized carbons (Fsp3) is 0.667. The molecule has 3 nitrogen and oxygen atoms in total. The standard InChI is InChI=1S/C12H17ClF3N3S/c1-20-7-5-3-2-4-6-17-10-8-9(13)18-11(19-10)12(14,15)16/h8H,2-7H2,1H3,(H,17,18,19). The van der Waals surface area contributed by atoms with Gasteiger partial charge in [-0.2, -0.15) is 24.9 Å². The Morgan fingerprint density at radius 2 is 1.90 bits per heavy atom. The molecule has 0 aromatic carbocycles. The van der Waals surface area contributed by atoms with E-state index < -0.39 is 12.0 Å². The summed E-state index contributed by atoms with van der Waals surface area (Å²) in [5.74, 6) is 0.0399. The lowest BCUT2D eigenvalue weighted by Crippen LogP contribution is -2.13. The third-order valence-electron chi connectivity index (χ3n) is 2.53. The van der Waals surface area contributed by atoms with Gasteiger partial charge < -0.3 is 5.32 Å². The SMILES string of the molecule is CSCCCCCCNc1cc(Cl)nc(C(F)(F)F)n1. The van der Waals surface area contributed by atoms with Crippen molar-refractivity contribution < 1.29 is 13.2 Å². The van der Waals surface area contributed by atoms with E-state index in [4.69, 9.17) is 11.6 Å². The predicted molar refractivity (Wildman–Crippen MR) is 77.4 cm³/mol. The normalized spacial score (nSPS) is 11.7. The van der Waals surface area contributed by atoms with Gasteiger partial charge in [0.2, 0.25) is 5.82 Å². The maximum atomic E-state index is 12.5. The Bertz CT molecular complexity index is 415. The van der Waals surface area contributed by atoms with Crippen LogP contribution in [0.5, 0.6) is 0 Å². The topological polar surface area (TPSA) is 37.8 Å². The van der Waals surface area contributed by atoms with E-state index in [0.29, 0.717) is 6.54 Å². The van der Waals surface area contributed by atoms with Crippen molar-refractivity contribution in [3.8, 4) is 0 Å². The van der Waals surface area contributed by atoms with Crippen molar-refractivity contribution in [2.75, 3.05) is 23.9 Å². The Kier molecular flexibility index (Phi) is 7.43. The number of anilines is 1. The van der Waals surface area contributed by atoms with Crippen LogP contribution in [-0.2, 0) is 6.18 Å². The molecule has 1 rings (SSSR count). The molecule has 0 fully saturated rings. The molecule has 20 heavy (non-hydrogen) atoms. The maximum absolute atomic E-state index is 12.5. The Morgan fingerprint density at radius 1 is 1.20 bits per heavy atom. The van der Waals surface area contributed by atoms with E-state index in [1.54, 1.807) is 0 Å². The van der Waals surface area contributed by atoms with Gasteiger partial charge in [-0.25, -0.2) is 9.97 Å². The van der Waals surface area contributed by atoms with Gasteiger partial charge in [-0.1, -0.05) is 24.4 Å². The molecular weight excluding hydrogens is 311 g/mol. The molecule has 114 valence electrons. The highest BCUT2D eigenvalue weighted by molar-refractivity contribution is 7.98. The number of nitrogens with zero attached hydrogens (tertiary/aromatic N) is 2. The lowest BCUT2D eigenvalue weighted by Gasteiger charge is -2.09. The zero-order valence-corrected chi connectivity index (χ0v) is 12.7. The smallest absolute Gasteiger partial charge is 0.370 e. The first-order chi connectivity index (χ1) is 9.43. The summed E-state index contributed by atoms with van der Waals surface area (Å²) in [4.78, 5) is 6.59. The first-order valence-corrected chi connectivity index (χ1v) is 8.05. The minimum absolute atomic E-state index is 0.112. The zero-order valence-electron chi connectivity index (χ0n) is 11.1. The van der Waals surface area contributed by atoms with Crippen molar-refractivity contribution in [3.05, 3.63) is 17.0 Å². The summed E-state index contributed by atoms with van der Waals surface area (Å²) < 4.78 is 37.5. The fourth-order valence-electron chi connectivity index (χ4n) is 1.58. The number of thioether (sulfide) groups is 1. The third kappa shape index (κ3) is 6.65. The van der Waals surface area contributed by atoms with Crippen LogP contribution in [0.1, 0.15) is 31.5 Å². The molecular formula is C12H17ClF3N3S. The van der Waals surface area contributed by atoms with Gasteiger partial charge in [-0.15, -0.1) is 0 Å². The highest BCUT2D eigenvalue weighted by Crippen LogP contribution is 2.28. The predicted octanol–water partition coefficient (Wildman–Crippen LogP) is 4.48. The van der Waals surface area contributed by atoms with E-state index in [2.05, 4.69) is 21.5 Å². The molecule has 0 saturated carbocycles. The fourth-order valence-corrected chi connectivity index (χ4v) is 2.25. The van der Waals surface area contributed by atoms with Crippen LogP contribution in [0.4, 0.5) is 19.0 Å². The van der Waals surface area contributed by atoms with Crippen LogP contribution >= 0.6 is 23.4 Å². The molecule has 8 heteroatoms. The van der Waals surface area contributed by atoms with Crippen LogP contribution in [0, 0.1) is 0 Å². The lowest BCUT2D eigenvalue weighted by atomic mass is 10.2. The molecule has 0 spiro atoms. The van der Waals surface area contributed by atoms with Gasteiger partial charge in [0, 0.05) is 12.6 Å². The molecule has 0 aliphatic rings. The Morgan fingerprint density at radius 3 is 2.55 bits per heavy atom. The van der Waals surface area contributed by atoms with Crippen molar-refractivity contribution in [3.63, 3.8) is 0 Å². The number of nitrogens with one attached hydrogen (secondary N) is 1. The number of aromatic nitrogens is 2. The van der Waals surface area contributed by atoms with E-state index in [1.807, 2.05) is 11.8 Å². The monoisotopic (exact) mass is 327 g/mol. The number of unbranched alkanes of at least 4 members (excludes halogenated alkanes) is 3. The van der Waals surface area contributed by atoms with Gasteiger partial charge in [0.25, 0.3) is 0 Å². The number of rotatable bonds is 8. The van der Waals surface area contributed by atoms with Crippen molar-refractivity contribution in [2.45, 2.75) is 31.9 Å². The first-order valence-electron chi connectivity index (χ1n) is 6.28. The highest BCUT2D eigenvalue weighted by Gasteiger charge is 2.35. The molecule has 0 aliphatic heterocycles. The molecule has 0 atom stereocenters. The van der Waals surface area contributed by atoms with Gasteiger partial charge in [0.15, 0.2) is 0 Å². The second kappa shape index (κ2) is 8.56. The number of halogens is 4. The molecule has 0 aliphatic carbocycles. The molecule has 0 saturated heterocycles. The summed E-state index contributed by atoms with van der Waals surface area (Å²) in [6.07, 6.45) is 1.70. The molecule has 1 heterocycles. The molecule has 1 aromatic rings. The second-order valence-electron chi connectivity index (χ2n) is 4.23. The molecule has 1 N–H and O–H groups in total. The molecule has 0 unspecified atom stereocenters. The van der Waals surface area contributed by atoms with Gasteiger partial charge >= 0.3 is 6.18 Å². The summed E-state index contributed by atoms with van der Waals surface area (Å²) >= 11 is 7.37. The van der Waals surface area contributed by atoms with Crippen LogP contribution < -0.4 is 5.32 Å². The summed E-state index contributed by atoms with van der Waals surface area (Å²) in [5, 5.41) is 2.63. The Hall–Kier alpha value is -0.690. The Labute approximate surface area is 125 Å².